The number of hydrogen-bond donors (Lipinski definition) is 3. The molecule has 0 spiro atoms. The van der Waals surface area contributed by atoms with Crippen LogP contribution in [-0.2, 0) is 0 Å². The number of urea groups is 1. The van der Waals surface area contributed by atoms with Crippen LogP contribution in [0.2, 0.25) is 0 Å². The number of nitrogens with zero attached hydrogens (tertiary/aromatic N) is 1. The first-order valence-corrected chi connectivity index (χ1v) is 7.49. The third kappa shape index (κ3) is 4.35. The van der Waals surface area contributed by atoms with Crippen molar-refractivity contribution in [3.63, 3.8) is 0 Å². The van der Waals surface area contributed by atoms with Crippen molar-refractivity contribution in [2.75, 3.05) is 26.2 Å². The van der Waals surface area contributed by atoms with E-state index >= 15 is 0 Å². The van der Waals surface area contributed by atoms with E-state index in [1.165, 1.54) is 25.8 Å². The summed E-state index contributed by atoms with van der Waals surface area (Å²) in [7, 11) is 0. The number of carbonyl (C=O) groups is 1. The second-order valence-electron chi connectivity index (χ2n) is 6.18. The fourth-order valence-corrected chi connectivity index (χ4v) is 2.60. The fraction of sp³-hybridized carbons (Fsp3) is 0.929. The molecule has 0 aromatic heterocycles. The molecule has 19 heavy (non-hydrogen) atoms. The molecule has 110 valence electrons. The Morgan fingerprint density at radius 3 is 2.74 bits per heavy atom. The van der Waals surface area contributed by atoms with E-state index in [0.717, 1.165) is 19.1 Å². The average Bonchev–Trinajstić information content (AvgIpc) is 3.14. The van der Waals surface area contributed by atoms with Crippen LogP contribution in [0.3, 0.4) is 0 Å². The fourth-order valence-electron chi connectivity index (χ4n) is 2.60. The molecule has 1 saturated carbocycles. The standard InChI is InChI=1S/C14H27N3O2/c1-10(9-18)11(2)16-14(19)15-7-12-5-6-17(8-12)13-3-4-13/h10-13,18H,3-9H2,1-2H3,(H2,15,16,19). The molecule has 5 heteroatoms. The molecule has 3 atom stereocenters. The third-order valence-corrected chi connectivity index (χ3v) is 4.43. The van der Waals surface area contributed by atoms with Crippen molar-refractivity contribution in [3.8, 4) is 0 Å². The molecule has 2 amide bonds. The maximum absolute atomic E-state index is 11.7. The Balaban J connectivity index is 1.61. The Labute approximate surface area is 115 Å². The maximum atomic E-state index is 11.7. The molecule has 1 saturated heterocycles. The van der Waals surface area contributed by atoms with Gasteiger partial charge in [-0.3, -0.25) is 0 Å². The summed E-state index contributed by atoms with van der Waals surface area (Å²) in [4.78, 5) is 14.3. The zero-order valence-corrected chi connectivity index (χ0v) is 12.1. The lowest BCUT2D eigenvalue weighted by Crippen LogP contribution is -2.45. The molecule has 0 radical (unpaired) electrons. The van der Waals surface area contributed by atoms with Gasteiger partial charge in [-0.25, -0.2) is 4.79 Å². The third-order valence-electron chi connectivity index (χ3n) is 4.43. The molecule has 1 aliphatic heterocycles. The molecule has 0 bridgehead atoms. The molecule has 2 aliphatic rings. The van der Waals surface area contributed by atoms with Crippen molar-refractivity contribution >= 4 is 6.03 Å². The van der Waals surface area contributed by atoms with Gasteiger partial charge in [-0.1, -0.05) is 6.92 Å². The minimum Gasteiger partial charge on any atom is -0.396 e. The average molecular weight is 269 g/mol. The minimum atomic E-state index is -0.113. The van der Waals surface area contributed by atoms with Crippen molar-refractivity contribution in [1.29, 1.82) is 0 Å². The molecule has 1 heterocycles. The summed E-state index contributed by atoms with van der Waals surface area (Å²) in [5, 5.41) is 14.9. The van der Waals surface area contributed by atoms with Crippen molar-refractivity contribution < 1.29 is 9.90 Å². The van der Waals surface area contributed by atoms with Gasteiger partial charge in [-0.2, -0.15) is 0 Å². The summed E-state index contributed by atoms with van der Waals surface area (Å²) in [6.45, 7) is 7.03. The predicted molar refractivity (Wildman–Crippen MR) is 74.9 cm³/mol. The molecule has 1 aliphatic carbocycles. The monoisotopic (exact) mass is 269 g/mol. The Morgan fingerprint density at radius 2 is 2.11 bits per heavy atom. The van der Waals surface area contributed by atoms with Crippen LogP contribution in [0, 0.1) is 11.8 Å². The first-order valence-electron chi connectivity index (χ1n) is 7.49. The van der Waals surface area contributed by atoms with Crippen LogP contribution in [0.1, 0.15) is 33.1 Å². The van der Waals surface area contributed by atoms with Gasteiger partial charge in [0.15, 0.2) is 0 Å². The van der Waals surface area contributed by atoms with Gasteiger partial charge < -0.3 is 20.6 Å². The highest BCUT2D eigenvalue weighted by Crippen LogP contribution is 2.31. The topological polar surface area (TPSA) is 64.6 Å². The largest absolute Gasteiger partial charge is 0.396 e. The normalized spacial score (nSPS) is 27.0. The van der Waals surface area contributed by atoms with Crippen LogP contribution >= 0.6 is 0 Å². The van der Waals surface area contributed by atoms with E-state index in [1.807, 2.05) is 13.8 Å². The summed E-state index contributed by atoms with van der Waals surface area (Å²) in [5.41, 5.74) is 0. The Hall–Kier alpha value is -0.810. The second-order valence-corrected chi connectivity index (χ2v) is 6.18. The van der Waals surface area contributed by atoms with Crippen molar-refractivity contribution in [2.45, 2.75) is 45.2 Å². The molecule has 3 N–H and O–H groups in total. The molecule has 0 aromatic rings. The molecule has 2 fully saturated rings. The second kappa shape index (κ2) is 6.57. The summed E-state index contributed by atoms with van der Waals surface area (Å²) in [5.74, 6) is 0.680. The van der Waals surface area contributed by atoms with Gasteiger partial charge in [0, 0.05) is 31.8 Å². The van der Waals surface area contributed by atoms with Gasteiger partial charge in [0.25, 0.3) is 0 Å². The first-order chi connectivity index (χ1) is 9.10. The van der Waals surface area contributed by atoms with Gasteiger partial charge in [-0.05, 0) is 44.6 Å². The summed E-state index contributed by atoms with van der Waals surface area (Å²) in [6.07, 6.45) is 3.91. The van der Waals surface area contributed by atoms with Crippen molar-refractivity contribution in [3.05, 3.63) is 0 Å². The van der Waals surface area contributed by atoms with Crippen molar-refractivity contribution in [1.82, 2.24) is 15.5 Å². The number of aliphatic hydroxyl groups excluding tert-OH is 1. The van der Waals surface area contributed by atoms with E-state index in [9.17, 15) is 4.79 Å². The van der Waals surface area contributed by atoms with E-state index in [1.54, 1.807) is 0 Å². The lowest BCUT2D eigenvalue weighted by Gasteiger charge is -2.20. The molecule has 2 rings (SSSR count). The summed E-state index contributed by atoms with van der Waals surface area (Å²) < 4.78 is 0. The zero-order valence-electron chi connectivity index (χ0n) is 12.1. The van der Waals surface area contributed by atoms with Gasteiger partial charge in [0.2, 0.25) is 0 Å². The highest BCUT2D eigenvalue weighted by atomic mass is 16.3. The molecule has 0 aromatic carbocycles. The van der Waals surface area contributed by atoms with Crippen LogP contribution in [-0.4, -0.2) is 54.4 Å². The number of hydrogen-bond acceptors (Lipinski definition) is 3. The first kappa shape index (κ1) is 14.6. The number of likely N-dealkylation sites (tertiary alicyclic amines) is 1. The van der Waals surface area contributed by atoms with E-state index < -0.39 is 0 Å². The zero-order chi connectivity index (χ0) is 13.8. The van der Waals surface area contributed by atoms with Crippen LogP contribution in [0.25, 0.3) is 0 Å². The number of amides is 2. The molecular weight excluding hydrogens is 242 g/mol. The van der Waals surface area contributed by atoms with Gasteiger partial charge >= 0.3 is 6.03 Å². The summed E-state index contributed by atoms with van der Waals surface area (Å²) >= 11 is 0. The lowest BCUT2D eigenvalue weighted by atomic mass is 10.1. The van der Waals surface area contributed by atoms with Crippen LogP contribution in [0.5, 0.6) is 0 Å². The number of carbonyl (C=O) groups excluding carboxylic acids is 1. The Kier molecular flexibility index (Phi) is 5.05. The van der Waals surface area contributed by atoms with Crippen LogP contribution in [0.4, 0.5) is 4.79 Å². The Bertz CT molecular complexity index is 307. The number of rotatable bonds is 6. The SMILES string of the molecule is CC(CO)C(C)NC(=O)NCC1CCN(C2CC2)C1. The summed E-state index contributed by atoms with van der Waals surface area (Å²) in [6, 6.07) is 0.721. The van der Waals surface area contributed by atoms with E-state index in [4.69, 9.17) is 5.11 Å². The molecule has 5 nitrogen and oxygen atoms in total. The van der Waals surface area contributed by atoms with E-state index in [2.05, 4.69) is 15.5 Å². The highest BCUT2D eigenvalue weighted by Gasteiger charge is 2.34. The minimum absolute atomic E-state index is 0.00320. The van der Waals surface area contributed by atoms with Crippen LogP contribution < -0.4 is 10.6 Å². The number of aliphatic hydroxyl groups is 1. The van der Waals surface area contributed by atoms with Crippen molar-refractivity contribution in [2.24, 2.45) is 11.8 Å². The smallest absolute Gasteiger partial charge is 0.315 e. The van der Waals surface area contributed by atoms with Crippen LogP contribution in [0.15, 0.2) is 0 Å². The highest BCUT2D eigenvalue weighted by molar-refractivity contribution is 5.74. The maximum Gasteiger partial charge on any atom is 0.315 e. The van der Waals surface area contributed by atoms with E-state index in [0.29, 0.717) is 5.92 Å². The quantitative estimate of drug-likeness (QED) is 0.668. The van der Waals surface area contributed by atoms with Gasteiger partial charge in [-0.15, -0.1) is 0 Å². The Morgan fingerprint density at radius 1 is 1.37 bits per heavy atom. The number of nitrogens with one attached hydrogen (secondary N) is 2. The van der Waals surface area contributed by atoms with Gasteiger partial charge in [0.1, 0.15) is 0 Å². The molecule has 3 unspecified atom stereocenters. The van der Waals surface area contributed by atoms with Gasteiger partial charge in [0.05, 0.1) is 0 Å². The molecular formula is C14H27N3O2. The van der Waals surface area contributed by atoms with E-state index in [-0.39, 0.29) is 24.6 Å². The lowest BCUT2D eigenvalue weighted by molar-refractivity contribution is 0.199. The predicted octanol–water partition coefficient (Wildman–Crippen LogP) is 0.787.